The van der Waals surface area contributed by atoms with Crippen molar-refractivity contribution in [3.63, 3.8) is 0 Å². The lowest BCUT2D eigenvalue weighted by Gasteiger charge is -2.08. The highest BCUT2D eigenvalue weighted by Gasteiger charge is 2.11. The van der Waals surface area contributed by atoms with Crippen molar-refractivity contribution in [3.8, 4) is 0 Å². The first-order valence-corrected chi connectivity index (χ1v) is 7.84. The Labute approximate surface area is 141 Å². The molecule has 1 aromatic carbocycles. The highest BCUT2D eigenvalue weighted by Crippen LogP contribution is 2.13. The van der Waals surface area contributed by atoms with Gasteiger partial charge >= 0.3 is 0 Å². The molecule has 2 aromatic heterocycles. The number of rotatable bonds is 4. The average molecular weight is 323 g/mol. The second-order valence-electron chi connectivity index (χ2n) is 6.03. The number of anilines is 1. The molecule has 0 unspecified atom stereocenters. The summed E-state index contributed by atoms with van der Waals surface area (Å²) in [6.07, 6.45) is 0. The van der Waals surface area contributed by atoms with Gasteiger partial charge in [-0.25, -0.2) is 0 Å². The second-order valence-corrected chi connectivity index (χ2v) is 6.03. The van der Waals surface area contributed by atoms with E-state index in [4.69, 9.17) is 0 Å². The average Bonchev–Trinajstić information content (AvgIpc) is 3.00. The predicted molar refractivity (Wildman–Crippen MR) is 93.1 cm³/mol. The summed E-state index contributed by atoms with van der Waals surface area (Å²) in [6.45, 7) is 6.54. The second kappa shape index (κ2) is 6.31. The standard InChI is InChI=1S/C18H21N5O/c1-12-8-14(3)23(21-12)11-15-6-5-7-16(10-15)18(24)19-17-9-13(2)20-22(17)4/h5-10H,11H2,1-4H3,(H,19,24). The number of aromatic nitrogens is 4. The highest BCUT2D eigenvalue weighted by molar-refractivity contribution is 6.03. The Kier molecular flexibility index (Phi) is 4.20. The summed E-state index contributed by atoms with van der Waals surface area (Å²) >= 11 is 0. The van der Waals surface area contributed by atoms with Crippen LogP contribution in [0, 0.1) is 20.8 Å². The van der Waals surface area contributed by atoms with Crippen molar-refractivity contribution in [1.29, 1.82) is 0 Å². The van der Waals surface area contributed by atoms with Crippen molar-refractivity contribution in [1.82, 2.24) is 19.6 Å². The topological polar surface area (TPSA) is 64.7 Å². The Morgan fingerprint density at radius 2 is 1.83 bits per heavy atom. The van der Waals surface area contributed by atoms with Crippen molar-refractivity contribution >= 4 is 11.7 Å². The van der Waals surface area contributed by atoms with Crippen molar-refractivity contribution in [2.45, 2.75) is 27.3 Å². The molecular weight excluding hydrogens is 302 g/mol. The number of benzene rings is 1. The van der Waals surface area contributed by atoms with Gasteiger partial charge in [0.2, 0.25) is 0 Å². The highest BCUT2D eigenvalue weighted by atomic mass is 16.1. The summed E-state index contributed by atoms with van der Waals surface area (Å²) in [4.78, 5) is 12.5. The van der Waals surface area contributed by atoms with Crippen molar-refractivity contribution < 1.29 is 4.79 Å². The van der Waals surface area contributed by atoms with E-state index in [2.05, 4.69) is 15.5 Å². The molecule has 0 spiro atoms. The molecule has 0 aliphatic carbocycles. The molecule has 2 heterocycles. The summed E-state index contributed by atoms with van der Waals surface area (Å²) in [6, 6.07) is 11.5. The number of carbonyl (C=O) groups excluding carboxylic acids is 1. The minimum atomic E-state index is -0.145. The maximum absolute atomic E-state index is 12.5. The third kappa shape index (κ3) is 3.37. The molecule has 1 N–H and O–H groups in total. The minimum absolute atomic E-state index is 0.145. The van der Waals surface area contributed by atoms with Crippen LogP contribution in [0.3, 0.4) is 0 Å². The lowest BCUT2D eigenvalue weighted by atomic mass is 10.1. The normalized spacial score (nSPS) is 10.8. The number of nitrogens with one attached hydrogen (secondary N) is 1. The Morgan fingerprint density at radius 3 is 2.46 bits per heavy atom. The molecule has 3 rings (SSSR count). The van der Waals surface area contributed by atoms with E-state index in [1.807, 2.05) is 68.9 Å². The molecule has 3 aromatic rings. The molecule has 6 nitrogen and oxygen atoms in total. The summed E-state index contributed by atoms with van der Waals surface area (Å²) in [7, 11) is 1.81. The Morgan fingerprint density at radius 1 is 1.08 bits per heavy atom. The SMILES string of the molecule is Cc1cc(NC(=O)c2cccc(Cn3nc(C)cc3C)c2)n(C)n1. The number of nitrogens with zero attached hydrogens (tertiary/aromatic N) is 4. The van der Waals surface area contributed by atoms with Gasteiger partial charge < -0.3 is 5.32 Å². The maximum atomic E-state index is 12.5. The van der Waals surface area contributed by atoms with E-state index in [0.717, 1.165) is 22.6 Å². The first kappa shape index (κ1) is 16.0. The molecule has 0 bridgehead atoms. The van der Waals surface area contributed by atoms with Crippen LogP contribution in [0.1, 0.15) is 33.0 Å². The molecule has 6 heteroatoms. The van der Waals surface area contributed by atoms with Gasteiger partial charge in [0.05, 0.1) is 17.9 Å². The van der Waals surface area contributed by atoms with Crippen molar-refractivity contribution in [2.75, 3.05) is 5.32 Å². The first-order chi connectivity index (χ1) is 11.4. The van der Waals surface area contributed by atoms with Crippen LogP contribution >= 0.6 is 0 Å². The van der Waals surface area contributed by atoms with Crippen LogP contribution in [0.2, 0.25) is 0 Å². The van der Waals surface area contributed by atoms with Gasteiger partial charge in [0.15, 0.2) is 0 Å². The summed E-state index contributed by atoms with van der Waals surface area (Å²) in [5.41, 5.74) is 4.62. The lowest BCUT2D eigenvalue weighted by molar-refractivity contribution is 0.102. The van der Waals surface area contributed by atoms with Gasteiger partial charge in [-0.15, -0.1) is 0 Å². The number of hydrogen-bond donors (Lipinski definition) is 1. The van der Waals surface area contributed by atoms with E-state index < -0.39 is 0 Å². The van der Waals surface area contributed by atoms with Gasteiger partial charge in [0, 0.05) is 24.4 Å². The van der Waals surface area contributed by atoms with E-state index >= 15 is 0 Å². The molecule has 0 atom stereocenters. The van der Waals surface area contributed by atoms with Crippen LogP contribution in [0.5, 0.6) is 0 Å². The van der Waals surface area contributed by atoms with Crippen LogP contribution in [0.25, 0.3) is 0 Å². The van der Waals surface area contributed by atoms with Gasteiger partial charge in [-0.2, -0.15) is 10.2 Å². The molecule has 0 radical (unpaired) electrons. The van der Waals surface area contributed by atoms with Crippen LogP contribution in [0.15, 0.2) is 36.4 Å². The van der Waals surface area contributed by atoms with E-state index in [0.29, 0.717) is 17.9 Å². The fourth-order valence-electron chi connectivity index (χ4n) is 2.73. The number of hydrogen-bond acceptors (Lipinski definition) is 3. The molecule has 0 aliphatic heterocycles. The lowest BCUT2D eigenvalue weighted by Crippen LogP contribution is -2.15. The predicted octanol–water partition coefficient (Wildman–Crippen LogP) is 2.84. The van der Waals surface area contributed by atoms with E-state index in [1.54, 1.807) is 4.68 Å². The van der Waals surface area contributed by atoms with Gasteiger partial charge in [0.25, 0.3) is 5.91 Å². The van der Waals surface area contributed by atoms with Gasteiger partial charge in [-0.1, -0.05) is 12.1 Å². The number of amides is 1. The zero-order valence-electron chi connectivity index (χ0n) is 14.4. The Balaban J connectivity index is 1.78. The molecule has 0 aliphatic rings. The molecule has 1 amide bonds. The minimum Gasteiger partial charge on any atom is -0.307 e. The molecule has 0 saturated heterocycles. The van der Waals surface area contributed by atoms with Crippen LogP contribution in [0.4, 0.5) is 5.82 Å². The third-order valence-corrected chi connectivity index (χ3v) is 3.87. The first-order valence-electron chi connectivity index (χ1n) is 7.84. The van der Waals surface area contributed by atoms with Crippen LogP contribution in [-0.2, 0) is 13.6 Å². The van der Waals surface area contributed by atoms with Crippen LogP contribution in [-0.4, -0.2) is 25.5 Å². The summed E-state index contributed by atoms with van der Waals surface area (Å²) in [5, 5.41) is 11.6. The largest absolute Gasteiger partial charge is 0.307 e. The quantitative estimate of drug-likeness (QED) is 0.803. The van der Waals surface area contributed by atoms with Crippen molar-refractivity contribution in [3.05, 3.63) is 64.6 Å². The zero-order valence-corrected chi connectivity index (χ0v) is 14.4. The monoisotopic (exact) mass is 323 g/mol. The van der Waals surface area contributed by atoms with Gasteiger partial charge in [-0.3, -0.25) is 14.2 Å². The zero-order chi connectivity index (χ0) is 17.3. The Hall–Kier alpha value is -2.89. The fourth-order valence-corrected chi connectivity index (χ4v) is 2.73. The molecular formula is C18H21N5O. The maximum Gasteiger partial charge on any atom is 0.256 e. The summed E-state index contributed by atoms with van der Waals surface area (Å²) in [5.74, 6) is 0.537. The van der Waals surface area contributed by atoms with Gasteiger partial charge in [0.1, 0.15) is 5.82 Å². The molecule has 24 heavy (non-hydrogen) atoms. The third-order valence-electron chi connectivity index (χ3n) is 3.87. The van der Waals surface area contributed by atoms with Crippen LogP contribution < -0.4 is 5.32 Å². The number of aryl methyl sites for hydroxylation is 4. The fraction of sp³-hybridized carbons (Fsp3) is 0.278. The van der Waals surface area contributed by atoms with E-state index in [1.165, 1.54) is 0 Å². The van der Waals surface area contributed by atoms with E-state index in [-0.39, 0.29) is 5.91 Å². The summed E-state index contributed by atoms with van der Waals surface area (Å²) < 4.78 is 3.60. The number of carbonyl (C=O) groups is 1. The Bertz CT molecular complexity index is 891. The molecule has 0 saturated carbocycles. The van der Waals surface area contributed by atoms with Crippen molar-refractivity contribution in [2.24, 2.45) is 7.05 Å². The molecule has 0 fully saturated rings. The smallest absolute Gasteiger partial charge is 0.256 e. The molecule has 124 valence electrons. The van der Waals surface area contributed by atoms with E-state index in [9.17, 15) is 4.79 Å². The van der Waals surface area contributed by atoms with Gasteiger partial charge in [-0.05, 0) is 44.5 Å².